The fourth-order valence-corrected chi connectivity index (χ4v) is 1.19. The van der Waals surface area contributed by atoms with Crippen molar-refractivity contribution in [3.05, 3.63) is 0 Å². The van der Waals surface area contributed by atoms with E-state index in [4.69, 9.17) is 5.21 Å². The summed E-state index contributed by atoms with van der Waals surface area (Å²) in [5.74, 6) is 0.788. The Morgan fingerprint density at radius 2 is 1.67 bits per heavy atom. The zero-order valence-electron chi connectivity index (χ0n) is 8.51. The van der Waals surface area contributed by atoms with Gasteiger partial charge in [-0.2, -0.15) is 5.06 Å². The minimum absolute atomic E-state index is 0. The van der Waals surface area contributed by atoms with E-state index >= 15 is 0 Å². The van der Waals surface area contributed by atoms with Crippen LogP contribution in [-0.2, 0) is 0 Å². The largest absolute Gasteiger partial charge is 0.412 e. The Hall–Kier alpha value is -0.120. The van der Waals surface area contributed by atoms with E-state index < -0.39 is 0 Å². The summed E-state index contributed by atoms with van der Waals surface area (Å²) in [6.45, 7) is 7.94. The number of hydroxylamine groups is 2. The second kappa shape index (κ2) is 8.97. The van der Waals surface area contributed by atoms with Crippen molar-refractivity contribution in [2.75, 3.05) is 13.1 Å². The third kappa shape index (κ3) is 6.58. The molecule has 76 valence electrons. The Bertz CT molecular complexity index is 84.6. The van der Waals surface area contributed by atoms with Crippen LogP contribution < -0.4 is 0 Å². The first-order chi connectivity index (χ1) is 5.24. The molecule has 0 aromatic rings. The van der Waals surface area contributed by atoms with Gasteiger partial charge in [-0.15, -0.1) is 0 Å². The summed E-state index contributed by atoms with van der Waals surface area (Å²) in [6, 6.07) is 0. The molecule has 0 atom stereocenters. The van der Waals surface area contributed by atoms with Gasteiger partial charge in [-0.1, -0.05) is 33.6 Å². The van der Waals surface area contributed by atoms with Crippen molar-refractivity contribution >= 4 is 0 Å². The number of rotatable bonds is 6. The summed E-state index contributed by atoms with van der Waals surface area (Å²) >= 11 is 0. The van der Waals surface area contributed by atoms with E-state index in [1.54, 1.807) is 0 Å². The predicted molar refractivity (Wildman–Crippen MR) is 51.3 cm³/mol. The standard InChI is InChI=1S/C9H21NO.H2O/c1-4-9(5-2)7-8-10(11)6-3;/h9,11H,4-8H2,1-3H3;1H2. The zero-order chi connectivity index (χ0) is 8.69. The first kappa shape index (κ1) is 14.4. The van der Waals surface area contributed by atoms with Crippen LogP contribution in [0.25, 0.3) is 0 Å². The first-order valence-corrected chi connectivity index (χ1v) is 4.68. The van der Waals surface area contributed by atoms with Gasteiger partial charge in [0.25, 0.3) is 0 Å². The maximum atomic E-state index is 9.13. The van der Waals surface area contributed by atoms with Gasteiger partial charge < -0.3 is 10.7 Å². The number of nitrogens with zero attached hydrogens (tertiary/aromatic N) is 1. The maximum Gasteiger partial charge on any atom is 0.0240 e. The Labute approximate surface area is 75.6 Å². The van der Waals surface area contributed by atoms with Crippen molar-refractivity contribution in [3.8, 4) is 0 Å². The molecule has 0 aromatic carbocycles. The van der Waals surface area contributed by atoms with Crippen LogP contribution in [0.3, 0.4) is 0 Å². The molecular formula is C9H23NO2. The smallest absolute Gasteiger partial charge is 0.0240 e. The van der Waals surface area contributed by atoms with Gasteiger partial charge >= 0.3 is 0 Å². The highest BCUT2D eigenvalue weighted by atomic mass is 16.5. The third-order valence-electron chi connectivity index (χ3n) is 2.32. The second-order valence-corrected chi connectivity index (χ2v) is 3.02. The van der Waals surface area contributed by atoms with E-state index in [9.17, 15) is 0 Å². The molecule has 12 heavy (non-hydrogen) atoms. The average Bonchev–Trinajstić information content (AvgIpc) is 2.06. The quantitative estimate of drug-likeness (QED) is 0.628. The molecule has 0 spiro atoms. The first-order valence-electron chi connectivity index (χ1n) is 4.68. The van der Waals surface area contributed by atoms with E-state index in [2.05, 4.69) is 13.8 Å². The van der Waals surface area contributed by atoms with Crippen LogP contribution in [0.5, 0.6) is 0 Å². The van der Waals surface area contributed by atoms with Crippen molar-refractivity contribution in [1.82, 2.24) is 5.06 Å². The van der Waals surface area contributed by atoms with Gasteiger partial charge in [-0.05, 0) is 12.3 Å². The minimum atomic E-state index is 0. The third-order valence-corrected chi connectivity index (χ3v) is 2.32. The van der Waals surface area contributed by atoms with Crippen LogP contribution in [-0.4, -0.2) is 28.8 Å². The SMILES string of the molecule is CCC(CC)CCN(O)CC.O. The van der Waals surface area contributed by atoms with E-state index in [1.165, 1.54) is 17.9 Å². The molecule has 0 unspecified atom stereocenters. The lowest BCUT2D eigenvalue weighted by atomic mass is 10.00. The van der Waals surface area contributed by atoms with E-state index in [1.807, 2.05) is 6.92 Å². The molecule has 0 saturated heterocycles. The van der Waals surface area contributed by atoms with Crippen LogP contribution in [0.1, 0.15) is 40.0 Å². The van der Waals surface area contributed by atoms with Gasteiger partial charge in [0, 0.05) is 13.1 Å². The van der Waals surface area contributed by atoms with E-state index in [0.29, 0.717) is 0 Å². The summed E-state index contributed by atoms with van der Waals surface area (Å²) in [4.78, 5) is 0. The molecule has 0 rings (SSSR count). The average molecular weight is 177 g/mol. The van der Waals surface area contributed by atoms with Crippen LogP contribution >= 0.6 is 0 Å². The Balaban J connectivity index is 0. The van der Waals surface area contributed by atoms with Crippen LogP contribution in [0.2, 0.25) is 0 Å². The highest BCUT2D eigenvalue weighted by Crippen LogP contribution is 2.12. The topological polar surface area (TPSA) is 55.0 Å². The molecular weight excluding hydrogens is 154 g/mol. The van der Waals surface area contributed by atoms with Gasteiger partial charge in [0.1, 0.15) is 0 Å². The summed E-state index contributed by atoms with van der Waals surface area (Å²) in [6.07, 6.45) is 3.58. The predicted octanol–water partition coefficient (Wildman–Crippen LogP) is 1.70. The molecule has 3 N–H and O–H groups in total. The van der Waals surface area contributed by atoms with Crippen molar-refractivity contribution in [1.29, 1.82) is 0 Å². The molecule has 0 aromatic heterocycles. The van der Waals surface area contributed by atoms with Crippen LogP contribution in [0, 0.1) is 5.92 Å². The van der Waals surface area contributed by atoms with Crippen LogP contribution in [0.15, 0.2) is 0 Å². The molecule has 0 heterocycles. The molecule has 3 nitrogen and oxygen atoms in total. The molecule has 0 radical (unpaired) electrons. The zero-order valence-corrected chi connectivity index (χ0v) is 8.51. The van der Waals surface area contributed by atoms with Gasteiger partial charge in [0.05, 0.1) is 0 Å². The Morgan fingerprint density at radius 3 is 2.00 bits per heavy atom. The monoisotopic (exact) mass is 177 g/mol. The fraction of sp³-hybridized carbons (Fsp3) is 1.00. The normalized spacial score (nSPS) is 10.5. The highest BCUT2D eigenvalue weighted by molar-refractivity contribution is 4.55. The Morgan fingerprint density at radius 1 is 1.17 bits per heavy atom. The van der Waals surface area contributed by atoms with E-state index in [-0.39, 0.29) is 5.48 Å². The van der Waals surface area contributed by atoms with Crippen molar-refractivity contribution in [3.63, 3.8) is 0 Å². The summed E-state index contributed by atoms with van der Waals surface area (Å²) in [7, 11) is 0. The molecule has 0 aliphatic heterocycles. The fourth-order valence-electron chi connectivity index (χ4n) is 1.19. The lowest BCUT2D eigenvalue weighted by molar-refractivity contribution is -0.0893. The summed E-state index contributed by atoms with van der Waals surface area (Å²) in [5.41, 5.74) is 0. The summed E-state index contributed by atoms with van der Waals surface area (Å²) < 4.78 is 0. The maximum absolute atomic E-state index is 9.13. The lowest BCUT2D eigenvalue weighted by Gasteiger charge is -2.16. The van der Waals surface area contributed by atoms with Crippen molar-refractivity contribution in [2.24, 2.45) is 5.92 Å². The van der Waals surface area contributed by atoms with Crippen molar-refractivity contribution < 1.29 is 10.7 Å². The molecule has 3 heteroatoms. The van der Waals surface area contributed by atoms with Crippen LogP contribution in [0.4, 0.5) is 0 Å². The van der Waals surface area contributed by atoms with Gasteiger partial charge in [-0.3, -0.25) is 0 Å². The Kier molecular flexibility index (Phi) is 10.8. The van der Waals surface area contributed by atoms with Gasteiger partial charge in [0.15, 0.2) is 0 Å². The number of hydrogen-bond donors (Lipinski definition) is 1. The van der Waals surface area contributed by atoms with Gasteiger partial charge in [-0.25, -0.2) is 0 Å². The summed E-state index contributed by atoms with van der Waals surface area (Å²) in [5, 5.41) is 10.5. The molecule has 0 bridgehead atoms. The number of hydrogen-bond acceptors (Lipinski definition) is 2. The van der Waals surface area contributed by atoms with Gasteiger partial charge in [0.2, 0.25) is 0 Å². The molecule has 0 fully saturated rings. The molecule has 0 aliphatic rings. The molecule has 0 aliphatic carbocycles. The molecule has 0 amide bonds. The second-order valence-electron chi connectivity index (χ2n) is 3.02. The molecule has 0 saturated carbocycles. The lowest BCUT2D eigenvalue weighted by Crippen LogP contribution is -2.21. The minimum Gasteiger partial charge on any atom is -0.412 e. The van der Waals surface area contributed by atoms with Crippen molar-refractivity contribution in [2.45, 2.75) is 40.0 Å². The highest BCUT2D eigenvalue weighted by Gasteiger charge is 2.04. The van der Waals surface area contributed by atoms with E-state index in [0.717, 1.165) is 25.4 Å².